The summed E-state index contributed by atoms with van der Waals surface area (Å²) in [6, 6.07) is 9.60. The van der Waals surface area contributed by atoms with Gasteiger partial charge in [0.15, 0.2) is 0 Å². The van der Waals surface area contributed by atoms with Gasteiger partial charge in [-0.3, -0.25) is 9.59 Å². The van der Waals surface area contributed by atoms with Gasteiger partial charge in [0.2, 0.25) is 5.91 Å². The van der Waals surface area contributed by atoms with E-state index in [0.717, 1.165) is 11.1 Å². The fraction of sp³-hybridized carbons (Fsp3) is 0.263. The number of hydrogen-bond acceptors (Lipinski definition) is 3. The van der Waals surface area contributed by atoms with Gasteiger partial charge in [-0.1, -0.05) is 23.8 Å². The van der Waals surface area contributed by atoms with Gasteiger partial charge in [0.05, 0.1) is 12.1 Å². The lowest BCUT2D eigenvalue weighted by molar-refractivity contribution is -0.121. The summed E-state index contributed by atoms with van der Waals surface area (Å²) >= 11 is 0. The summed E-state index contributed by atoms with van der Waals surface area (Å²) < 4.78 is 13.7. The van der Waals surface area contributed by atoms with Crippen LogP contribution in [-0.4, -0.2) is 17.9 Å². The van der Waals surface area contributed by atoms with Gasteiger partial charge in [-0.05, 0) is 50.1 Å². The van der Waals surface area contributed by atoms with Crippen molar-refractivity contribution in [3.8, 4) is 0 Å². The molecule has 1 aliphatic heterocycles. The third kappa shape index (κ3) is 2.89. The molecule has 1 N–H and O–H groups in total. The lowest BCUT2D eigenvalue weighted by Crippen LogP contribution is -2.35. The number of aryl methyl sites for hydroxylation is 3. The van der Waals surface area contributed by atoms with Crippen LogP contribution in [0.5, 0.6) is 0 Å². The molecule has 0 saturated carbocycles. The van der Waals surface area contributed by atoms with Gasteiger partial charge < -0.3 is 5.32 Å². The maximum atomic E-state index is 13.7. The highest BCUT2D eigenvalue weighted by Crippen LogP contribution is 2.28. The number of rotatable bonds is 3. The molecule has 1 atom stereocenters. The second-order valence-corrected chi connectivity index (χ2v) is 6.22. The summed E-state index contributed by atoms with van der Waals surface area (Å²) in [5.41, 5.74) is 3.58. The maximum Gasteiger partial charge on any atom is 0.256 e. The number of nitrogens with one attached hydrogen (secondary N) is 1. The van der Waals surface area contributed by atoms with Gasteiger partial charge in [0.1, 0.15) is 11.9 Å². The van der Waals surface area contributed by atoms with Crippen molar-refractivity contribution in [1.29, 1.82) is 0 Å². The van der Waals surface area contributed by atoms with E-state index in [0.29, 0.717) is 16.9 Å². The first-order valence-corrected chi connectivity index (χ1v) is 7.83. The first-order valence-electron chi connectivity index (χ1n) is 7.83. The Morgan fingerprint density at radius 2 is 1.79 bits per heavy atom. The summed E-state index contributed by atoms with van der Waals surface area (Å²) in [5.74, 6) is -0.909. The highest BCUT2D eigenvalue weighted by atomic mass is 19.1. The fourth-order valence-electron chi connectivity index (χ4n) is 2.94. The molecule has 0 radical (unpaired) electrons. The van der Waals surface area contributed by atoms with Crippen LogP contribution in [0.1, 0.15) is 23.1 Å². The number of benzene rings is 2. The van der Waals surface area contributed by atoms with E-state index in [-0.39, 0.29) is 24.1 Å². The van der Waals surface area contributed by atoms with E-state index in [4.69, 9.17) is 0 Å². The summed E-state index contributed by atoms with van der Waals surface area (Å²) in [5, 5.41) is 2.97. The largest absolute Gasteiger partial charge is 0.373 e. The number of amides is 2. The van der Waals surface area contributed by atoms with Gasteiger partial charge in [0, 0.05) is 5.69 Å². The van der Waals surface area contributed by atoms with Crippen molar-refractivity contribution in [2.75, 3.05) is 10.2 Å². The zero-order valence-corrected chi connectivity index (χ0v) is 13.9. The predicted molar refractivity (Wildman–Crippen MR) is 91.6 cm³/mol. The molecule has 0 aromatic heterocycles. The molecule has 2 aromatic carbocycles. The normalized spacial score (nSPS) is 17.5. The van der Waals surface area contributed by atoms with Gasteiger partial charge in [-0.15, -0.1) is 0 Å². The number of anilines is 2. The smallest absolute Gasteiger partial charge is 0.256 e. The molecule has 0 aliphatic carbocycles. The quantitative estimate of drug-likeness (QED) is 0.878. The molecule has 1 heterocycles. The Morgan fingerprint density at radius 1 is 1.04 bits per heavy atom. The molecule has 1 aliphatic rings. The topological polar surface area (TPSA) is 49.4 Å². The molecule has 0 bridgehead atoms. The van der Waals surface area contributed by atoms with E-state index in [2.05, 4.69) is 5.32 Å². The molecule has 124 valence electrons. The van der Waals surface area contributed by atoms with Crippen LogP contribution in [0.15, 0.2) is 36.4 Å². The molecular weight excluding hydrogens is 307 g/mol. The third-order valence-corrected chi connectivity index (χ3v) is 4.25. The average Bonchev–Trinajstić information content (AvgIpc) is 2.78. The van der Waals surface area contributed by atoms with Gasteiger partial charge in [-0.25, -0.2) is 9.29 Å². The molecular formula is C19H19FN2O2. The van der Waals surface area contributed by atoms with Crippen LogP contribution in [0.3, 0.4) is 0 Å². The summed E-state index contributed by atoms with van der Waals surface area (Å²) in [6.45, 7) is 5.50. The monoisotopic (exact) mass is 326 g/mol. The summed E-state index contributed by atoms with van der Waals surface area (Å²) in [4.78, 5) is 26.2. The second kappa shape index (κ2) is 6.07. The maximum absolute atomic E-state index is 13.7. The Hall–Kier alpha value is -2.69. The Bertz CT molecular complexity index is 832. The molecule has 0 unspecified atom stereocenters. The number of imide groups is 1. The molecule has 1 fully saturated rings. The molecule has 3 rings (SSSR count). The van der Waals surface area contributed by atoms with E-state index in [1.807, 2.05) is 26.0 Å². The Morgan fingerprint density at radius 3 is 2.46 bits per heavy atom. The van der Waals surface area contributed by atoms with Crippen molar-refractivity contribution >= 4 is 23.2 Å². The third-order valence-electron chi connectivity index (χ3n) is 4.25. The number of carbonyl (C=O) groups is 2. The van der Waals surface area contributed by atoms with E-state index < -0.39 is 6.04 Å². The van der Waals surface area contributed by atoms with Crippen molar-refractivity contribution in [2.24, 2.45) is 0 Å². The minimum atomic E-state index is -0.680. The van der Waals surface area contributed by atoms with Crippen molar-refractivity contribution in [3.05, 3.63) is 58.9 Å². The van der Waals surface area contributed by atoms with Gasteiger partial charge >= 0.3 is 0 Å². The number of nitrogens with zero attached hydrogens (tertiary/aromatic N) is 1. The van der Waals surface area contributed by atoms with Crippen LogP contribution in [0.25, 0.3) is 0 Å². The Labute approximate surface area is 140 Å². The second-order valence-electron chi connectivity index (χ2n) is 6.22. The molecule has 4 nitrogen and oxygen atoms in total. The molecule has 1 saturated heterocycles. The van der Waals surface area contributed by atoms with E-state index >= 15 is 0 Å². The Kier molecular flexibility index (Phi) is 4.09. The van der Waals surface area contributed by atoms with Crippen LogP contribution in [0, 0.1) is 26.6 Å². The van der Waals surface area contributed by atoms with Crippen LogP contribution < -0.4 is 10.2 Å². The van der Waals surface area contributed by atoms with Crippen LogP contribution >= 0.6 is 0 Å². The first-order chi connectivity index (χ1) is 11.4. The fourth-order valence-corrected chi connectivity index (χ4v) is 2.94. The lowest BCUT2D eigenvalue weighted by Gasteiger charge is -2.18. The van der Waals surface area contributed by atoms with Crippen molar-refractivity contribution in [2.45, 2.75) is 33.2 Å². The van der Waals surface area contributed by atoms with Crippen LogP contribution in [0.2, 0.25) is 0 Å². The van der Waals surface area contributed by atoms with Gasteiger partial charge in [0.25, 0.3) is 5.91 Å². The van der Waals surface area contributed by atoms with Crippen molar-refractivity contribution in [3.63, 3.8) is 0 Å². The van der Waals surface area contributed by atoms with Crippen LogP contribution in [0.4, 0.5) is 15.8 Å². The molecule has 5 heteroatoms. The standard InChI is InChI=1S/C19H19FN2O2/c1-11-4-7-17(13(3)8-11)22-18(23)10-16(19(22)24)21-14-6-5-12(2)15(20)9-14/h4-9,16,21H,10H2,1-3H3/t16-/m0/s1. The molecule has 24 heavy (non-hydrogen) atoms. The highest BCUT2D eigenvalue weighted by molar-refractivity contribution is 6.23. The van der Waals surface area contributed by atoms with Crippen molar-refractivity contribution in [1.82, 2.24) is 0 Å². The zero-order valence-electron chi connectivity index (χ0n) is 13.9. The van der Waals surface area contributed by atoms with E-state index in [1.165, 1.54) is 11.0 Å². The number of carbonyl (C=O) groups excluding carboxylic acids is 2. The van der Waals surface area contributed by atoms with E-state index in [9.17, 15) is 14.0 Å². The first kappa shape index (κ1) is 16.2. The summed E-state index contributed by atoms with van der Waals surface area (Å²) in [6.07, 6.45) is 0.0572. The Balaban J connectivity index is 1.84. The SMILES string of the molecule is Cc1ccc(N2C(=O)C[C@H](Nc3ccc(C)c(F)c3)C2=O)c(C)c1. The minimum Gasteiger partial charge on any atom is -0.373 e. The molecule has 2 aromatic rings. The van der Waals surface area contributed by atoms with Crippen LogP contribution in [-0.2, 0) is 9.59 Å². The average molecular weight is 326 g/mol. The number of halogens is 1. The molecule has 0 spiro atoms. The predicted octanol–water partition coefficient (Wildman–Crippen LogP) is 3.49. The van der Waals surface area contributed by atoms with Gasteiger partial charge in [-0.2, -0.15) is 0 Å². The minimum absolute atomic E-state index is 0.0572. The summed E-state index contributed by atoms with van der Waals surface area (Å²) in [7, 11) is 0. The zero-order chi connectivity index (χ0) is 17.4. The van der Waals surface area contributed by atoms with E-state index in [1.54, 1.807) is 25.1 Å². The molecule has 2 amide bonds. The highest BCUT2D eigenvalue weighted by Gasteiger charge is 2.40. The van der Waals surface area contributed by atoms with Crippen molar-refractivity contribution < 1.29 is 14.0 Å². The number of hydrogen-bond donors (Lipinski definition) is 1. The lowest BCUT2D eigenvalue weighted by atomic mass is 10.1.